The molecule has 2 unspecified atom stereocenters. The van der Waals surface area contributed by atoms with Gasteiger partial charge in [0.1, 0.15) is 0 Å². The summed E-state index contributed by atoms with van der Waals surface area (Å²) in [6.07, 6.45) is 2.85. The molecule has 1 fully saturated rings. The summed E-state index contributed by atoms with van der Waals surface area (Å²) in [6, 6.07) is 0.312. The Bertz CT molecular complexity index is 489. The van der Waals surface area contributed by atoms with Crippen LogP contribution in [0.2, 0.25) is 0 Å². The molecule has 0 aromatic carbocycles. The fraction of sp³-hybridized carbons (Fsp3) is 0.778. The SMILES string of the molecule is CC1CC(NS(=O)(=O)c2cnnn2C)CCN1.Cl. The third-order valence-corrected chi connectivity index (χ3v) is 4.46. The first-order valence-electron chi connectivity index (χ1n) is 5.59. The standard InChI is InChI=1S/C9H17N5O2S.ClH/c1-7-5-8(3-4-10-7)12-17(15,16)9-6-11-13-14(9)2;/h6-8,10,12H,3-5H2,1-2H3;1H. The molecule has 1 aliphatic rings. The molecule has 1 aromatic heterocycles. The quantitative estimate of drug-likeness (QED) is 0.796. The minimum atomic E-state index is -3.51. The number of aryl methyl sites for hydroxylation is 1. The smallest absolute Gasteiger partial charge is 0.259 e. The first kappa shape index (κ1) is 15.4. The van der Waals surface area contributed by atoms with Crippen molar-refractivity contribution in [2.45, 2.75) is 36.9 Å². The maximum absolute atomic E-state index is 12.1. The van der Waals surface area contributed by atoms with Crippen LogP contribution in [0.5, 0.6) is 0 Å². The zero-order valence-corrected chi connectivity index (χ0v) is 12.0. The van der Waals surface area contributed by atoms with Crippen LogP contribution in [0.25, 0.3) is 0 Å². The molecule has 2 heterocycles. The van der Waals surface area contributed by atoms with Crippen molar-refractivity contribution in [3.63, 3.8) is 0 Å². The Kier molecular flexibility index (Phi) is 5.09. The summed E-state index contributed by atoms with van der Waals surface area (Å²) in [5, 5.41) is 10.6. The van der Waals surface area contributed by atoms with Gasteiger partial charge in [-0.05, 0) is 26.3 Å². The van der Waals surface area contributed by atoms with Gasteiger partial charge in [0.2, 0.25) is 0 Å². The Morgan fingerprint density at radius 3 is 2.83 bits per heavy atom. The highest BCUT2D eigenvalue weighted by atomic mass is 35.5. The Labute approximate surface area is 113 Å². The average molecular weight is 296 g/mol. The number of halogens is 1. The van der Waals surface area contributed by atoms with E-state index in [1.165, 1.54) is 10.9 Å². The minimum absolute atomic E-state index is 0. The summed E-state index contributed by atoms with van der Waals surface area (Å²) in [5.41, 5.74) is 0. The van der Waals surface area contributed by atoms with Gasteiger partial charge in [0, 0.05) is 19.1 Å². The van der Waals surface area contributed by atoms with Gasteiger partial charge in [-0.1, -0.05) is 5.21 Å². The number of piperidine rings is 1. The highest BCUT2D eigenvalue weighted by molar-refractivity contribution is 7.89. The molecule has 1 aromatic rings. The number of nitrogens with zero attached hydrogens (tertiary/aromatic N) is 3. The lowest BCUT2D eigenvalue weighted by molar-refractivity contribution is 0.361. The predicted octanol–water partition coefficient (Wildman–Crippen LogP) is -0.344. The normalized spacial score (nSPS) is 24.6. The molecule has 1 aliphatic heterocycles. The molecule has 0 aliphatic carbocycles. The van der Waals surface area contributed by atoms with Gasteiger partial charge in [-0.3, -0.25) is 0 Å². The number of hydrogen-bond acceptors (Lipinski definition) is 5. The predicted molar refractivity (Wildman–Crippen MR) is 69.1 cm³/mol. The highest BCUT2D eigenvalue weighted by Crippen LogP contribution is 2.12. The Hall–Kier alpha value is -0.700. The molecule has 0 amide bonds. The van der Waals surface area contributed by atoms with Gasteiger partial charge < -0.3 is 5.32 Å². The van der Waals surface area contributed by atoms with E-state index in [1.807, 2.05) is 6.92 Å². The summed E-state index contributed by atoms with van der Waals surface area (Å²) in [5.74, 6) is 0. The van der Waals surface area contributed by atoms with Crippen molar-refractivity contribution in [2.24, 2.45) is 7.05 Å². The molecule has 2 rings (SSSR count). The first-order valence-corrected chi connectivity index (χ1v) is 7.08. The van der Waals surface area contributed by atoms with Crippen LogP contribution in [0.4, 0.5) is 0 Å². The summed E-state index contributed by atoms with van der Waals surface area (Å²) in [6.45, 7) is 2.88. The van der Waals surface area contributed by atoms with Crippen LogP contribution in [0.15, 0.2) is 11.2 Å². The Balaban J connectivity index is 0.00000162. The molecule has 1 saturated heterocycles. The fourth-order valence-electron chi connectivity index (χ4n) is 2.04. The van der Waals surface area contributed by atoms with Crippen molar-refractivity contribution in [3.8, 4) is 0 Å². The summed E-state index contributed by atoms with van der Waals surface area (Å²) >= 11 is 0. The van der Waals surface area contributed by atoms with Gasteiger partial charge in [-0.2, -0.15) is 0 Å². The van der Waals surface area contributed by atoms with E-state index in [9.17, 15) is 8.42 Å². The molecule has 2 atom stereocenters. The second-order valence-electron chi connectivity index (χ2n) is 4.39. The van der Waals surface area contributed by atoms with Gasteiger partial charge in [-0.25, -0.2) is 17.8 Å². The molecule has 104 valence electrons. The van der Waals surface area contributed by atoms with Crippen molar-refractivity contribution < 1.29 is 8.42 Å². The molecule has 0 spiro atoms. The zero-order chi connectivity index (χ0) is 12.5. The molecule has 18 heavy (non-hydrogen) atoms. The van der Waals surface area contributed by atoms with Gasteiger partial charge in [0.25, 0.3) is 10.0 Å². The summed E-state index contributed by atoms with van der Waals surface area (Å²) in [4.78, 5) is 0. The molecule has 0 bridgehead atoms. The third-order valence-electron chi connectivity index (χ3n) is 2.89. The van der Waals surface area contributed by atoms with Gasteiger partial charge >= 0.3 is 0 Å². The number of nitrogens with one attached hydrogen (secondary N) is 2. The number of sulfonamides is 1. The van der Waals surface area contributed by atoms with E-state index in [0.717, 1.165) is 19.4 Å². The van der Waals surface area contributed by atoms with Crippen LogP contribution < -0.4 is 10.0 Å². The fourth-order valence-corrected chi connectivity index (χ4v) is 3.39. The molecule has 7 nitrogen and oxygen atoms in total. The van der Waals surface area contributed by atoms with Crippen LogP contribution in [0.1, 0.15) is 19.8 Å². The van der Waals surface area contributed by atoms with Crippen LogP contribution in [0.3, 0.4) is 0 Å². The van der Waals surface area contributed by atoms with Crippen molar-refractivity contribution in [1.82, 2.24) is 25.0 Å². The second-order valence-corrected chi connectivity index (χ2v) is 6.05. The lowest BCUT2D eigenvalue weighted by Crippen LogP contribution is -2.46. The van der Waals surface area contributed by atoms with Gasteiger partial charge in [0.05, 0.1) is 6.20 Å². The van der Waals surface area contributed by atoms with E-state index >= 15 is 0 Å². The van der Waals surface area contributed by atoms with E-state index in [2.05, 4.69) is 20.4 Å². The Morgan fingerprint density at radius 2 is 2.28 bits per heavy atom. The van der Waals surface area contributed by atoms with Crippen LogP contribution in [-0.4, -0.2) is 42.0 Å². The first-order chi connectivity index (χ1) is 7.99. The lowest BCUT2D eigenvalue weighted by atomic mass is 10.0. The van der Waals surface area contributed by atoms with Crippen LogP contribution in [-0.2, 0) is 17.1 Å². The van der Waals surface area contributed by atoms with E-state index < -0.39 is 10.0 Å². The van der Waals surface area contributed by atoms with E-state index in [1.54, 1.807) is 7.05 Å². The highest BCUT2D eigenvalue weighted by Gasteiger charge is 2.26. The van der Waals surface area contributed by atoms with Crippen LogP contribution >= 0.6 is 12.4 Å². The molecule has 0 radical (unpaired) electrons. The summed E-state index contributed by atoms with van der Waals surface area (Å²) in [7, 11) is -1.95. The van der Waals surface area contributed by atoms with Crippen molar-refractivity contribution in [1.29, 1.82) is 0 Å². The molecular formula is C9H18ClN5O2S. The van der Waals surface area contributed by atoms with Crippen molar-refractivity contribution in [2.75, 3.05) is 6.54 Å². The third kappa shape index (κ3) is 3.41. The largest absolute Gasteiger partial charge is 0.314 e. The number of rotatable bonds is 3. The Morgan fingerprint density at radius 1 is 1.56 bits per heavy atom. The number of aromatic nitrogens is 3. The summed E-state index contributed by atoms with van der Waals surface area (Å²) < 4.78 is 28.1. The second kappa shape index (κ2) is 5.96. The van der Waals surface area contributed by atoms with Gasteiger partial charge in [0.15, 0.2) is 5.03 Å². The molecule has 9 heteroatoms. The molecular weight excluding hydrogens is 278 g/mol. The average Bonchev–Trinajstić information content (AvgIpc) is 2.64. The van der Waals surface area contributed by atoms with Crippen molar-refractivity contribution in [3.05, 3.63) is 6.20 Å². The number of hydrogen-bond donors (Lipinski definition) is 2. The van der Waals surface area contributed by atoms with E-state index in [0.29, 0.717) is 6.04 Å². The monoisotopic (exact) mass is 295 g/mol. The zero-order valence-electron chi connectivity index (χ0n) is 10.3. The van der Waals surface area contributed by atoms with E-state index in [4.69, 9.17) is 0 Å². The molecule has 2 N–H and O–H groups in total. The maximum atomic E-state index is 12.1. The van der Waals surface area contributed by atoms with Crippen molar-refractivity contribution >= 4 is 22.4 Å². The van der Waals surface area contributed by atoms with Gasteiger partial charge in [-0.15, -0.1) is 17.5 Å². The minimum Gasteiger partial charge on any atom is -0.314 e. The molecule has 0 saturated carbocycles. The lowest BCUT2D eigenvalue weighted by Gasteiger charge is -2.28. The topological polar surface area (TPSA) is 88.9 Å². The van der Waals surface area contributed by atoms with Crippen LogP contribution in [0, 0.1) is 0 Å². The maximum Gasteiger partial charge on any atom is 0.259 e. The van der Waals surface area contributed by atoms with E-state index in [-0.39, 0.29) is 23.5 Å².